The van der Waals surface area contributed by atoms with Crippen molar-refractivity contribution in [1.82, 2.24) is 5.32 Å². The van der Waals surface area contributed by atoms with Gasteiger partial charge in [0.25, 0.3) is 7.82 Å². The Morgan fingerprint density at radius 2 is 0.891 bits per heavy atom. The number of likely N-dealkylation sites (N-methyl/N-ethyl adjacent to an activating group) is 1. The molecule has 0 aromatic rings. The van der Waals surface area contributed by atoms with Crippen molar-refractivity contribution in [2.75, 3.05) is 40.9 Å². The summed E-state index contributed by atoms with van der Waals surface area (Å²) in [6, 6.07) is -0.793. The number of hydrogen-bond acceptors (Lipinski definition) is 6. The van der Waals surface area contributed by atoms with Gasteiger partial charge in [0.2, 0.25) is 5.91 Å². The summed E-state index contributed by atoms with van der Waals surface area (Å²) in [5.74, 6) is -0.160. The number of hydrogen-bond donors (Lipinski definition) is 2. The smallest absolute Gasteiger partial charge is 0.268 e. The van der Waals surface area contributed by atoms with Crippen LogP contribution in [0.4, 0.5) is 0 Å². The zero-order chi connectivity index (χ0) is 40.7. The van der Waals surface area contributed by atoms with Gasteiger partial charge in [0.1, 0.15) is 13.2 Å². The van der Waals surface area contributed by atoms with Crippen LogP contribution in [0.2, 0.25) is 0 Å². The van der Waals surface area contributed by atoms with Crippen molar-refractivity contribution in [2.24, 2.45) is 0 Å². The van der Waals surface area contributed by atoms with Gasteiger partial charge in [-0.1, -0.05) is 219 Å². The molecule has 0 bridgehead atoms. The molecule has 0 aromatic heterocycles. The molecule has 0 aliphatic heterocycles. The Morgan fingerprint density at radius 3 is 1.24 bits per heavy atom. The van der Waals surface area contributed by atoms with Gasteiger partial charge in [-0.3, -0.25) is 9.36 Å². The number of aliphatic hydroxyl groups excluding tert-OH is 1. The minimum Gasteiger partial charge on any atom is -0.756 e. The van der Waals surface area contributed by atoms with Crippen LogP contribution < -0.4 is 10.2 Å². The Labute approximate surface area is 342 Å². The second-order valence-electron chi connectivity index (χ2n) is 17.8. The van der Waals surface area contributed by atoms with E-state index in [1.807, 2.05) is 21.1 Å². The first-order chi connectivity index (χ1) is 26.5. The second kappa shape index (κ2) is 39.0. The van der Waals surface area contributed by atoms with Crippen molar-refractivity contribution >= 4 is 13.7 Å². The monoisotopic (exact) mass is 803 g/mol. The van der Waals surface area contributed by atoms with E-state index in [1.54, 1.807) is 0 Å². The van der Waals surface area contributed by atoms with Gasteiger partial charge in [0.15, 0.2) is 0 Å². The third-order valence-corrected chi connectivity index (χ3v) is 12.1. The minimum atomic E-state index is -4.56. The van der Waals surface area contributed by atoms with Gasteiger partial charge in [-0.25, -0.2) is 0 Å². The SMILES string of the molecule is CCCCCCCCCCCCCCCCCCC[C@@H](O)[C@H](COP(=O)([O-])OCC[N+](C)(C)C)NC(=O)CCCCCCCCCCCCCCCCCC. The van der Waals surface area contributed by atoms with Crippen molar-refractivity contribution in [3.8, 4) is 0 Å². The largest absolute Gasteiger partial charge is 0.756 e. The highest BCUT2D eigenvalue weighted by atomic mass is 31.2. The molecule has 1 unspecified atom stereocenters. The molecule has 0 aliphatic carbocycles. The van der Waals surface area contributed by atoms with Crippen LogP contribution in [0.5, 0.6) is 0 Å². The molecule has 0 aromatic carbocycles. The summed E-state index contributed by atoms with van der Waals surface area (Å²) in [5.41, 5.74) is 0. The predicted octanol–water partition coefficient (Wildman–Crippen LogP) is 12.7. The van der Waals surface area contributed by atoms with E-state index >= 15 is 0 Å². The highest BCUT2D eigenvalue weighted by Crippen LogP contribution is 2.38. The molecule has 9 heteroatoms. The third kappa shape index (κ3) is 41.5. The number of nitrogens with one attached hydrogen (secondary N) is 1. The zero-order valence-corrected chi connectivity index (χ0v) is 38.3. The number of carbonyl (C=O) groups excluding carboxylic acids is 1. The standard InChI is InChI=1S/C46H95N2O6P/c1-6-8-10-12-14-16-18-20-22-24-25-27-29-31-33-35-37-39-45(49)44(43-54-55(51,52)53-42-41-48(3,4)5)47-46(50)40-38-36-34-32-30-28-26-23-21-19-17-15-13-11-9-7-2/h44-45,49H,6-43H2,1-5H3,(H-,47,50,51,52)/t44-,45+/m0/s1. The van der Waals surface area contributed by atoms with Crippen LogP contribution in [0.25, 0.3) is 0 Å². The van der Waals surface area contributed by atoms with Crippen LogP contribution in [0.1, 0.15) is 239 Å². The lowest BCUT2D eigenvalue weighted by molar-refractivity contribution is -0.870. The average Bonchev–Trinajstić information content (AvgIpc) is 3.13. The van der Waals surface area contributed by atoms with Crippen molar-refractivity contribution in [2.45, 2.75) is 251 Å². The summed E-state index contributed by atoms with van der Waals surface area (Å²) in [6.07, 6.45) is 42.4. The number of aliphatic hydroxyl groups is 1. The lowest BCUT2D eigenvalue weighted by Gasteiger charge is -2.30. The summed E-state index contributed by atoms with van der Waals surface area (Å²) < 4.78 is 23.3. The Morgan fingerprint density at radius 1 is 0.564 bits per heavy atom. The Hall–Kier alpha value is -0.500. The number of carbonyl (C=O) groups is 1. The summed E-state index contributed by atoms with van der Waals surface area (Å²) >= 11 is 0. The van der Waals surface area contributed by atoms with Gasteiger partial charge < -0.3 is 28.8 Å². The number of amides is 1. The number of unbranched alkanes of at least 4 members (excludes halogenated alkanes) is 31. The maximum Gasteiger partial charge on any atom is 0.268 e. The topological polar surface area (TPSA) is 108 Å². The molecule has 0 spiro atoms. The molecule has 0 heterocycles. The molecule has 0 radical (unpaired) electrons. The molecule has 0 aliphatic rings. The van der Waals surface area contributed by atoms with E-state index in [0.717, 1.165) is 38.5 Å². The molecule has 0 fully saturated rings. The number of quaternary nitrogens is 1. The molecule has 0 saturated carbocycles. The van der Waals surface area contributed by atoms with E-state index in [4.69, 9.17) is 9.05 Å². The minimum absolute atomic E-state index is 0.0162. The number of phosphoric acid groups is 1. The Kier molecular flexibility index (Phi) is 38.6. The molecule has 3 atom stereocenters. The predicted molar refractivity (Wildman–Crippen MR) is 233 cm³/mol. The van der Waals surface area contributed by atoms with Crippen molar-refractivity contribution < 1.29 is 32.9 Å². The molecular formula is C46H95N2O6P. The van der Waals surface area contributed by atoms with Crippen LogP contribution in [0, 0.1) is 0 Å². The fourth-order valence-electron chi connectivity index (χ4n) is 7.28. The lowest BCUT2D eigenvalue weighted by Crippen LogP contribution is -2.46. The van der Waals surface area contributed by atoms with Gasteiger partial charge in [-0.05, 0) is 12.8 Å². The fourth-order valence-corrected chi connectivity index (χ4v) is 8.00. The van der Waals surface area contributed by atoms with Gasteiger partial charge in [-0.15, -0.1) is 0 Å². The molecule has 55 heavy (non-hydrogen) atoms. The highest BCUT2D eigenvalue weighted by molar-refractivity contribution is 7.45. The Balaban J connectivity index is 4.29. The van der Waals surface area contributed by atoms with Crippen LogP contribution in [-0.4, -0.2) is 68.5 Å². The average molecular weight is 803 g/mol. The normalized spacial score (nSPS) is 14.2. The van der Waals surface area contributed by atoms with E-state index in [9.17, 15) is 19.4 Å². The third-order valence-electron chi connectivity index (χ3n) is 11.1. The maximum absolute atomic E-state index is 12.9. The first-order valence-corrected chi connectivity index (χ1v) is 25.3. The summed E-state index contributed by atoms with van der Waals surface area (Å²) in [5, 5.41) is 13.9. The second-order valence-corrected chi connectivity index (χ2v) is 19.2. The van der Waals surface area contributed by atoms with Crippen LogP contribution in [0.3, 0.4) is 0 Å². The number of nitrogens with zero attached hydrogens (tertiary/aromatic N) is 1. The zero-order valence-electron chi connectivity index (χ0n) is 37.4. The molecule has 8 nitrogen and oxygen atoms in total. The molecule has 330 valence electrons. The van der Waals surface area contributed by atoms with E-state index in [0.29, 0.717) is 23.9 Å². The van der Waals surface area contributed by atoms with E-state index < -0.39 is 20.0 Å². The molecule has 1 amide bonds. The maximum atomic E-state index is 12.9. The first kappa shape index (κ1) is 54.5. The van der Waals surface area contributed by atoms with Gasteiger partial charge >= 0.3 is 0 Å². The molecule has 0 rings (SSSR count). The molecule has 0 saturated heterocycles. The van der Waals surface area contributed by atoms with Crippen LogP contribution in [0.15, 0.2) is 0 Å². The summed E-state index contributed by atoms with van der Waals surface area (Å²) in [4.78, 5) is 25.4. The fraction of sp³-hybridized carbons (Fsp3) is 0.978. The first-order valence-electron chi connectivity index (χ1n) is 23.9. The van der Waals surface area contributed by atoms with Crippen LogP contribution in [-0.2, 0) is 18.4 Å². The van der Waals surface area contributed by atoms with E-state index in [-0.39, 0.29) is 19.1 Å². The van der Waals surface area contributed by atoms with Gasteiger partial charge in [0, 0.05) is 6.42 Å². The number of rotatable bonds is 44. The van der Waals surface area contributed by atoms with E-state index in [1.165, 1.54) is 173 Å². The van der Waals surface area contributed by atoms with Gasteiger partial charge in [0.05, 0.1) is 39.9 Å². The lowest BCUT2D eigenvalue weighted by atomic mass is 10.0. The van der Waals surface area contributed by atoms with Crippen molar-refractivity contribution in [1.29, 1.82) is 0 Å². The van der Waals surface area contributed by atoms with Crippen molar-refractivity contribution in [3.63, 3.8) is 0 Å². The molecular weight excluding hydrogens is 707 g/mol. The highest BCUT2D eigenvalue weighted by Gasteiger charge is 2.24. The summed E-state index contributed by atoms with van der Waals surface area (Å²) in [6.45, 7) is 4.75. The van der Waals surface area contributed by atoms with E-state index in [2.05, 4.69) is 19.2 Å². The van der Waals surface area contributed by atoms with Gasteiger partial charge in [-0.2, -0.15) is 0 Å². The Bertz CT molecular complexity index is 870. The quantitative estimate of drug-likeness (QED) is 0.0361. The summed E-state index contributed by atoms with van der Waals surface area (Å²) in [7, 11) is 1.32. The number of phosphoric ester groups is 1. The molecule has 2 N–H and O–H groups in total. The van der Waals surface area contributed by atoms with Crippen LogP contribution >= 0.6 is 7.82 Å². The van der Waals surface area contributed by atoms with Crippen molar-refractivity contribution in [3.05, 3.63) is 0 Å².